The van der Waals surface area contributed by atoms with Gasteiger partial charge in [0.15, 0.2) is 0 Å². The molecule has 0 aromatic carbocycles. The number of carbonyl (C=O) groups excluding carboxylic acids is 1. The van der Waals surface area contributed by atoms with Crippen LogP contribution in [0.25, 0.3) is 0 Å². The van der Waals surface area contributed by atoms with Crippen molar-refractivity contribution >= 4 is 15.9 Å². The van der Waals surface area contributed by atoms with Gasteiger partial charge in [-0.25, -0.2) is 12.7 Å². The van der Waals surface area contributed by atoms with Crippen LogP contribution < -0.4 is 5.32 Å². The van der Waals surface area contributed by atoms with Crippen LogP contribution in [0.1, 0.15) is 26.2 Å². The topological polar surface area (TPSA) is 79.0 Å². The number of amides is 1. The van der Waals surface area contributed by atoms with Crippen molar-refractivity contribution < 1.29 is 17.9 Å². The number of sulfonamides is 1. The lowest BCUT2D eigenvalue weighted by atomic mass is 9.99. The molecule has 23 heavy (non-hydrogen) atoms. The van der Waals surface area contributed by atoms with Gasteiger partial charge in [-0.3, -0.25) is 9.69 Å². The monoisotopic (exact) mass is 347 g/mol. The van der Waals surface area contributed by atoms with Crippen LogP contribution in [-0.4, -0.2) is 81.8 Å². The highest BCUT2D eigenvalue weighted by Gasteiger charge is 2.31. The number of ether oxygens (including phenoxy) is 1. The number of carbonyl (C=O) groups is 1. The summed E-state index contributed by atoms with van der Waals surface area (Å²) in [5.74, 6) is -0.0759. The zero-order valence-electron chi connectivity index (χ0n) is 14.0. The molecule has 2 aliphatic heterocycles. The van der Waals surface area contributed by atoms with E-state index in [1.807, 2.05) is 6.92 Å². The number of nitrogens with one attached hydrogen (secondary N) is 1. The average molecular weight is 347 g/mol. The molecule has 0 unspecified atom stereocenters. The zero-order chi connectivity index (χ0) is 16.7. The molecule has 1 atom stereocenters. The summed E-state index contributed by atoms with van der Waals surface area (Å²) in [7, 11) is -3.21. The first kappa shape index (κ1) is 18.6. The number of hydrogen-bond acceptors (Lipinski definition) is 5. The smallest absolute Gasteiger partial charge is 0.224 e. The van der Waals surface area contributed by atoms with Crippen molar-refractivity contribution in [1.29, 1.82) is 0 Å². The van der Waals surface area contributed by atoms with E-state index >= 15 is 0 Å². The second kappa shape index (κ2) is 8.96. The fraction of sp³-hybridized carbons (Fsp3) is 0.933. The van der Waals surface area contributed by atoms with E-state index in [9.17, 15) is 13.2 Å². The molecule has 0 radical (unpaired) electrons. The highest BCUT2D eigenvalue weighted by molar-refractivity contribution is 7.89. The van der Waals surface area contributed by atoms with Crippen LogP contribution in [0.3, 0.4) is 0 Å². The van der Waals surface area contributed by atoms with Crippen molar-refractivity contribution in [1.82, 2.24) is 14.5 Å². The standard InChI is InChI=1S/C15H29N3O4S/c1-2-12-23(20,21)18-6-3-4-14(13-18)15(19)16-5-7-17-8-10-22-11-9-17/h14H,2-13H2,1H3,(H,16,19)/t14-/m0/s1. The molecular formula is C15H29N3O4S. The average Bonchev–Trinajstić information content (AvgIpc) is 2.56. The van der Waals surface area contributed by atoms with E-state index in [1.165, 1.54) is 4.31 Å². The molecular weight excluding hydrogens is 318 g/mol. The van der Waals surface area contributed by atoms with Crippen molar-refractivity contribution in [3.63, 3.8) is 0 Å². The lowest BCUT2D eigenvalue weighted by Gasteiger charge is -2.31. The maximum Gasteiger partial charge on any atom is 0.224 e. The number of piperidine rings is 1. The van der Waals surface area contributed by atoms with Crippen LogP contribution in [0.5, 0.6) is 0 Å². The van der Waals surface area contributed by atoms with E-state index in [0.717, 1.165) is 45.7 Å². The van der Waals surface area contributed by atoms with Crippen LogP contribution in [0.2, 0.25) is 0 Å². The summed E-state index contributed by atoms with van der Waals surface area (Å²) in [6.07, 6.45) is 2.13. The van der Waals surface area contributed by atoms with Crippen molar-refractivity contribution in [3.8, 4) is 0 Å². The van der Waals surface area contributed by atoms with Gasteiger partial charge in [-0.1, -0.05) is 6.92 Å². The third kappa shape index (κ3) is 5.70. The molecule has 0 aromatic rings. The summed E-state index contributed by atoms with van der Waals surface area (Å²) >= 11 is 0. The lowest BCUT2D eigenvalue weighted by molar-refractivity contribution is -0.126. The number of rotatable bonds is 7. The third-order valence-electron chi connectivity index (χ3n) is 4.44. The van der Waals surface area contributed by atoms with Gasteiger partial charge in [0, 0.05) is 39.3 Å². The van der Waals surface area contributed by atoms with E-state index in [1.54, 1.807) is 0 Å². The Balaban J connectivity index is 1.75. The molecule has 0 bridgehead atoms. The van der Waals surface area contributed by atoms with Gasteiger partial charge in [0.25, 0.3) is 0 Å². The summed E-state index contributed by atoms with van der Waals surface area (Å²) in [6.45, 7) is 7.46. The summed E-state index contributed by atoms with van der Waals surface area (Å²) in [5.41, 5.74) is 0. The lowest BCUT2D eigenvalue weighted by Crippen LogP contribution is -2.47. The fourth-order valence-corrected chi connectivity index (χ4v) is 4.69. The minimum absolute atomic E-state index is 0.0188. The molecule has 2 rings (SSSR count). The fourth-order valence-electron chi connectivity index (χ4n) is 3.10. The predicted octanol–water partition coefficient (Wildman–Crippen LogP) is -0.113. The van der Waals surface area contributed by atoms with E-state index in [2.05, 4.69) is 10.2 Å². The molecule has 2 fully saturated rings. The molecule has 2 saturated heterocycles. The molecule has 2 aliphatic rings. The summed E-state index contributed by atoms with van der Waals surface area (Å²) in [6, 6.07) is 0. The van der Waals surface area contributed by atoms with Crippen LogP contribution in [0.15, 0.2) is 0 Å². The quantitative estimate of drug-likeness (QED) is 0.695. The molecule has 0 aliphatic carbocycles. The Morgan fingerprint density at radius 2 is 2.00 bits per heavy atom. The summed E-state index contributed by atoms with van der Waals surface area (Å²) in [5, 5.41) is 2.96. The van der Waals surface area contributed by atoms with Crippen LogP contribution >= 0.6 is 0 Å². The van der Waals surface area contributed by atoms with E-state index < -0.39 is 10.0 Å². The van der Waals surface area contributed by atoms with Gasteiger partial charge in [0.2, 0.25) is 15.9 Å². The zero-order valence-corrected chi connectivity index (χ0v) is 14.8. The highest BCUT2D eigenvalue weighted by atomic mass is 32.2. The SMILES string of the molecule is CCCS(=O)(=O)N1CCC[C@H](C(=O)NCCN2CCOCC2)C1. The minimum atomic E-state index is -3.21. The second-order valence-electron chi connectivity index (χ2n) is 6.26. The molecule has 8 heteroatoms. The minimum Gasteiger partial charge on any atom is -0.379 e. The van der Waals surface area contributed by atoms with E-state index in [0.29, 0.717) is 26.1 Å². The molecule has 7 nitrogen and oxygen atoms in total. The maximum atomic E-state index is 12.3. The van der Waals surface area contributed by atoms with Crippen molar-refractivity contribution in [2.24, 2.45) is 5.92 Å². The van der Waals surface area contributed by atoms with Gasteiger partial charge in [-0.05, 0) is 19.3 Å². The molecule has 0 saturated carbocycles. The second-order valence-corrected chi connectivity index (χ2v) is 8.35. The molecule has 134 valence electrons. The summed E-state index contributed by atoms with van der Waals surface area (Å²) in [4.78, 5) is 14.6. The van der Waals surface area contributed by atoms with Crippen molar-refractivity contribution in [2.75, 3.05) is 58.2 Å². The molecule has 1 amide bonds. The van der Waals surface area contributed by atoms with Gasteiger partial charge < -0.3 is 10.1 Å². The Hall–Kier alpha value is -0.700. The first-order chi connectivity index (χ1) is 11.0. The van der Waals surface area contributed by atoms with Crippen LogP contribution in [0, 0.1) is 5.92 Å². The number of hydrogen-bond donors (Lipinski definition) is 1. The van der Waals surface area contributed by atoms with E-state index in [-0.39, 0.29) is 17.6 Å². The number of nitrogens with zero attached hydrogens (tertiary/aromatic N) is 2. The normalized spacial score (nSPS) is 24.5. The van der Waals surface area contributed by atoms with Crippen LogP contribution in [0.4, 0.5) is 0 Å². The largest absolute Gasteiger partial charge is 0.379 e. The Morgan fingerprint density at radius 1 is 1.26 bits per heavy atom. The van der Waals surface area contributed by atoms with Crippen molar-refractivity contribution in [2.45, 2.75) is 26.2 Å². The molecule has 1 N–H and O–H groups in total. The highest BCUT2D eigenvalue weighted by Crippen LogP contribution is 2.20. The van der Waals surface area contributed by atoms with Gasteiger partial charge >= 0.3 is 0 Å². The van der Waals surface area contributed by atoms with Gasteiger partial charge in [-0.2, -0.15) is 0 Å². The van der Waals surface area contributed by atoms with Gasteiger partial charge in [0.05, 0.1) is 24.9 Å². The first-order valence-corrected chi connectivity index (χ1v) is 10.2. The molecule has 0 spiro atoms. The molecule has 0 aromatic heterocycles. The van der Waals surface area contributed by atoms with Crippen LogP contribution in [-0.2, 0) is 19.6 Å². The predicted molar refractivity (Wildman–Crippen MR) is 88.6 cm³/mol. The summed E-state index contributed by atoms with van der Waals surface area (Å²) < 4.78 is 31.1. The number of morpholine rings is 1. The van der Waals surface area contributed by atoms with Crippen molar-refractivity contribution in [3.05, 3.63) is 0 Å². The first-order valence-electron chi connectivity index (χ1n) is 8.58. The maximum absolute atomic E-state index is 12.3. The van der Waals surface area contributed by atoms with Gasteiger partial charge in [0.1, 0.15) is 0 Å². The third-order valence-corrected chi connectivity index (χ3v) is 6.48. The van der Waals surface area contributed by atoms with Gasteiger partial charge in [-0.15, -0.1) is 0 Å². The Bertz CT molecular complexity index is 477. The Morgan fingerprint density at radius 3 is 2.70 bits per heavy atom. The molecule has 2 heterocycles. The Labute approximate surface area is 139 Å². The van der Waals surface area contributed by atoms with E-state index in [4.69, 9.17) is 4.74 Å². The Kier molecular flexibility index (Phi) is 7.26.